The topological polar surface area (TPSA) is 29.3 Å². The lowest BCUT2D eigenvalue weighted by Gasteiger charge is -2.27. The molecule has 3 heterocycles. The number of fused-ring (bicyclic) bond motifs is 8. The highest BCUT2D eigenvalue weighted by molar-refractivity contribution is 7.26. The summed E-state index contributed by atoms with van der Waals surface area (Å²) in [6.07, 6.45) is 1.84. The fraction of sp³-hybridized carbons (Fsp3) is 0. The number of benzene rings is 6. The molecule has 0 radical (unpaired) electrons. The van der Waals surface area contributed by atoms with Crippen LogP contribution in [0.3, 0.4) is 0 Å². The largest absolute Gasteiger partial charge is 0.456 e. The minimum Gasteiger partial charge on any atom is -0.456 e. The first-order valence-corrected chi connectivity index (χ1v) is 15.2. The predicted molar refractivity (Wildman–Crippen MR) is 182 cm³/mol. The molecule has 0 N–H and O–H groups in total. The maximum absolute atomic E-state index is 6.34. The van der Waals surface area contributed by atoms with Crippen molar-refractivity contribution in [3.05, 3.63) is 146 Å². The highest BCUT2D eigenvalue weighted by atomic mass is 32.1. The number of rotatable bonds is 4. The molecule has 0 aliphatic rings. The Bertz CT molecular complexity index is 2460. The van der Waals surface area contributed by atoms with Gasteiger partial charge in [0.25, 0.3) is 0 Å². The van der Waals surface area contributed by atoms with E-state index in [1.807, 2.05) is 35.7 Å². The van der Waals surface area contributed by atoms with Crippen LogP contribution in [0, 0.1) is 0 Å². The molecule has 202 valence electrons. The highest BCUT2D eigenvalue weighted by Gasteiger charge is 2.20. The molecule has 9 rings (SSSR count). The van der Waals surface area contributed by atoms with Gasteiger partial charge in [-0.3, -0.25) is 4.98 Å². The van der Waals surface area contributed by atoms with Crippen LogP contribution < -0.4 is 4.90 Å². The normalized spacial score (nSPS) is 11.7. The maximum atomic E-state index is 6.34. The van der Waals surface area contributed by atoms with Gasteiger partial charge in [-0.25, -0.2) is 0 Å². The van der Waals surface area contributed by atoms with Gasteiger partial charge in [0.15, 0.2) is 0 Å². The van der Waals surface area contributed by atoms with Crippen molar-refractivity contribution < 1.29 is 4.42 Å². The summed E-state index contributed by atoms with van der Waals surface area (Å²) < 4.78 is 8.91. The summed E-state index contributed by atoms with van der Waals surface area (Å²) in [5, 5.41) is 5.82. The molecule has 0 saturated heterocycles. The molecule has 3 aromatic heterocycles. The minimum absolute atomic E-state index is 0.869. The zero-order valence-electron chi connectivity index (χ0n) is 23.1. The van der Waals surface area contributed by atoms with E-state index in [1.54, 1.807) is 0 Å². The first-order valence-electron chi connectivity index (χ1n) is 14.4. The number of furan rings is 1. The minimum atomic E-state index is 0.869. The zero-order chi connectivity index (χ0) is 28.3. The molecule has 6 aromatic carbocycles. The number of nitrogens with zero attached hydrogens (tertiary/aromatic N) is 2. The molecule has 43 heavy (non-hydrogen) atoms. The van der Waals surface area contributed by atoms with E-state index in [4.69, 9.17) is 4.42 Å². The summed E-state index contributed by atoms with van der Waals surface area (Å²) in [7, 11) is 0. The second-order valence-corrected chi connectivity index (χ2v) is 11.9. The van der Waals surface area contributed by atoms with E-state index in [1.165, 1.54) is 31.3 Å². The van der Waals surface area contributed by atoms with Crippen LogP contribution in [0.5, 0.6) is 0 Å². The van der Waals surface area contributed by atoms with E-state index in [0.717, 1.165) is 49.9 Å². The van der Waals surface area contributed by atoms with Crippen LogP contribution in [0.1, 0.15) is 0 Å². The second kappa shape index (κ2) is 9.55. The van der Waals surface area contributed by atoms with E-state index in [2.05, 4.69) is 131 Å². The van der Waals surface area contributed by atoms with Crippen LogP contribution in [0.2, 0.25) is 0 Å². The third-order valence-corrected chi connectivity index (χ3v) is 9.45. The monoisotopic (exact) mass is 568 g/mol. The summed E-state index contributed by atoms with van der Waals surface area (Å²) in [5.41, 5.74) is 8.43. The number of pyridine rings is 1. The molecule has 0 amide bonds. The van der Waals surface area contributed by atoms with Crippen molar-refractivity contribution in [2.75, 3.05) is 4.90 Å². The van der Waals surface area contributed by atoms with E-state index < -0.39 is 0 Å². The lowest BCUT2D eigenvalue weighted by atomic mass is 10.0. The van der Waals surface area contributed by atoms with Gasteiger partial charge in [0, 0.05) is 53.9 Å². The van der Waals surface area contributed by atoms with Crippen LogP contribution in [0.25, 0.3) is 64.1 Å². The molecule has 3 nitrogen and oxygen atoms in total. The van der Waals surface area contributed by atoms with Gasteiger partial charge in [0.1, 0.15) is 11.2 Å². The first kappa shape index (κ1) is 24.2. The van der Waals surface area contributed by atoms with Gasteiger partial charge in [0.2, 0.25) is 0 Å². The molecule has 0 unspecified atom stereocenters. The lowest BCUT2D eigenvalue weighted by molar-refractivity contribution is 0.669. The van der Waals surface area contributed by atoms with Crippen molar-refractivity contribution in [3.63, 3.8) is 0 Å². The molecule has 9 aromatic rings. The SMILES string of the molecule is c1ccc(-c2ccc(N(c3ccc4oc5ccc6ncccc6c5c4c3)c3cccc4sc5ccccc5c34)cc2)cc1. The van der Waals surface area contributed by atoms with E-state index in [0.29, 0.717) is 0 Å². The van der Waals surface area contributed by atoms with Crippen molar-refractivity contribution in [3.8, 4) is 11.1 Å². The molecule has 4 heteroatoms. The molecular weight excluding hydrogens is 545 g/mol. The summed E-state index contributed by atoms with van der Waals surface area (Å²) in [4.78, 5) is 7.00. The molecule has 0 atom stereocenters. The van der Waals surface area contributed by atoms with Gasteiger partial charge >= 0.3 is 0 Å². The number of anilines is 3. The number of thiophene rings is 1. The first-order chi connectivity index (χ1) is 21.3. The van der Waals surface area contributed by atoms with Gasteiger partial charge in [-0.2, -0.15) is 0 Å². The Labute approximate surface area is 251 Å². The van der Waals surface area contributed by atoms with Crippen molar-refractivity contribution in [2.24, 2.45) is 0 Å². The van der Waals surface area contributed by atoms with Crippen LogP contribution >= 0.6 is 11.3 Å². The standard InChI is InChI=1S/C39H24N2OS/c1-2-8-25(9-3-1)26-15-17-27(18-16-26)41(33-12-6-14-37-39(33)30-10-4-5-13-36(30)43-37)28-19-21-34-31(24-28)38-29-11-7-23-40-32(29)20-22-35(38)42-34/h1-24H. The molecule has 0 bridgehead atoms. The Balaban J connectivity index is 1.31. The Hall–Kier alpha value is -5.45. The van der Waals surface area contributed by atoms with Crippen molar-refractivity contribution in [2.45, 2.75) is 0 Å². The summed E-state index contributed by atoms with van der Waals surface area (Å²) in [5.74, 6) is 0. The highest BCUT2D eigenvalue weighted by Crippen LogP contribution is 2.46. The smallest absolute Gasteiger partial charge is 0.136 e. The van der Waals surface area contributed by atoms with Crippen molar-refractivity contribution >= 4 is 81.4 Å². The Morgan fingerprint density at radius 3 is 2.16 bits per heavy atom. The summed E-state index contributed by atoms with van der Waals surface area (Å²) in [6, 6.07) is 49.5. The molecule has 0 aliphatic heterocycles. The molecule has 0 aliphatic carbocycles. The Morgan fingerprint density at radius 2 is 1.26 bits per heavy atom. The Morgan fingerprint density at radius 1 is 0.512 bits per heavy atom. The molecule has 0 spiro atoms. The van der Waals surface area contributed by atoms with Gasteiger partial charge in [-0.15, -0.1) is 11.3 Å². The van der Waals surface area contributed by atoms with Gasteiger partial charge < -0.3 is 9.32 Å². The van der Waals surface area contributed by atoms with Crippen LogP contribution in [-0.2, 0) is 0 Å². The van der Waals surface area contributed by atoms with Crippen molar-refractivity contribution in [1.29, 1.82) is 0 Å². The third-order valence-electron chi connectivity index (χ3n) is 8.31. The van der Waals surface area contributed by atoms with Crippen molar-refractivity contribution in [1.82, 2.24) is 4.98 Å². The van der Waals surface area contributed by atoms with Gasteiger partial charge in [-0.05, 0) is 77.9 Å². The lowest BCUT2D eigenvalue weighted by Crippen LogP contribution is -2.10. The predicted octanol–water partition coefficient (Wildman–Crippen LogP) is 11.6. The average Bonchev–Trinajstić information content (AvgIpc) is 3.64. The van der Waals surface area contributed by atoms with E-state index in [-0.39, 0.29) is 0 Å². The van der Waals surface area contributed by atoms with E-state index in [9.17, 15) is 0 Å². The summed E-state index contributed by atoms with van der Waals surface area (Å²) >= 11 is 1.84. The van der Waals surface area contributed by atoms with Gasteiger partial charge in [-0.1, -0.05) is 72.8 Å². The van der Waals surface area contributed by atoms with Crippen LogP contribution in [0.4, 0.5) is 17.1 Å². The molecule has 0 fully saturated rings. The third kappa shape index (κ3) is 3.84. The quantitative estimate of drug-likeness (QED) is 0.211. The Kier molecular flexibility index (Phi) is 5.37. The number of hydrogen-bond acceptors (Lipinski definition) is 4. The second-order valence-electron chi connectivity index (χ2n) is 10.8. The maximum Gasteiger partial charge on any atom is 0.136 e. The van der Waals surface area contributed by atoms with Crippen LogP contribution in [0.15, 0.2) is 150 Å². The fourth-order valence-electron chi connectivity index (χ4n) is 6.36. The average molecular weight is 569 g/mol. The van der Waals surface area contributed by atoms with Crippen LogP contribution in [-0.4, -0.2) is 4.98 Å². The van der Waals surface area contributed by atoms with Gasteiger partial charge in [0.05, 0.1) is 11.2 Å². The fourth-order valence-corrected chi connectivity index (χ4v) is 7.49. The zero-order valence-corrected chi connectivity index (χ0v) is 23.9. The molecular formula is C39H24N2OS. The summed E-state index contributed by atoms with van der Waals surface area (Å²) in [6.45, 7) is 0. The number of hydrogen-bond donors (Lipinski definition) is 0. The number of aromatic nitrogens is 1. The van der Waals surface area contributed by atoms with E-state index >= 15 is 0 Å². The molecule has 0 saturated carbocycles.